The van der Waals surface area contributed by atoms with E-state index in [2.05, 4.69) is 0 Å². The highest BCUT2D eigenvalue weighted by Crippen LogP contribution is 2.35. The molecular weight excluding hydrogens is 252 g/mol. The van der Waals surface area contributed by atoms with Crippen LogP contribution >= 0.6 is 0 Å². The van der Waals surface area contributed by atoms with Gasteiger partial charge >= 0.3 is 0 Å². The van der Waals surface area contributed by atoms with Gasteiger partial charge in [-0.05, 0) is 43.0 Å². The number of aryl methyl sites for hydroxylation is 1. The minimum atomic E-state index is -4.18. The Morgan fingerprint density at radius 3 is 2.50 bits per heavy atom. The molecule has 2 rings (SSSR count). The fraction of sp³-hybridized carbons (Fsp3) is 0.538. The van der Waals surface area contributed by atoms with Crippen molar-refractivity contribution in [3.8, 4) is 0 Å². The molecule has 0 saturated heterocycles. The number of aliphatic hydroxyl groups is 1. The maximum atomic E-state index is 11.2. The maximum Gasteiger partial charge on any atom is 0.294 e. The second-order valence-corrected chi connectivity index (χ2v) is 6.37. The van der Waals surface area contributed by atoms with Gasteiger partial charge in [-0.2, -0.15) is 8.42 Å². The Kier molecular flexibility index (Phi) is 3.75. The SMILES string of the molecule is Cc1ccc(S(=O)(=O)O)cc1C1CCCCC1O. The Bertz CT molecular complexity index is 536. The third-order valence-electron chi connectivity index (χ3n) is 3.68. The molecule has 1 saturated carbocycles. The van der Waals surface area contributed by atoms with E-state index < -0.39 is 16.2 Å². The third kappa shape index (κ3) is 2.74. The predicted molar refractivity (Wildman–Crippen MR) is 68.2 cm³/mol. The van der Waals surface area contributed by atoms with Crippen LogP contribution < -0.4 is 0 Å². The van der Waals surface area contributed by atoms with Crippen LogP contribution in [-0.2, 0) is 10.1 Å². The number of benzene rings is 1. The lowest BCUT2D eigenvalue weighted by Gasteiger charge is -2.29. The molecule has 0 amide bonds. The first-order chi connectivity index (χ1) is 8.39. The molecule has 0 bridgehead atoms. The maximum absolute atomic E-state index is 11.2. The van der Waals surface area contributed by atoms with Crippen LogP contribution in [0.4, 0.5) is 0 Å². The standard InChI is InChI=1S/C13H18O4S/c1-9-6-7-10(18(15,16)17)8-12(9)11-4-2-3-5-13(11)14/h6-8,11,13-14H,2-5H2,1H3,(H,15,16,17). The van der Waals surface area contributed by atoms with Gasteiger partial charge in [-0.15, -0.1) is 0 Å². The Labute approximate surface area is 107 Å². The summed E-state index contributed by atoms with van der Waals surface area (Å²) in [6.45, 7) is 1.89. The number of hydrogen-bond acceptors (Lipinski definition) is 3. The molecule has 0 radical (unpaired) electrons. The fourth-order valence-corrected chi connectivity index (χ4v) is 3.17. The molecule has 5 heteroatoms. The van der Waals surface area contributed by atoms with Crippen molar-refractivity contribution in [2.45, 2.75) is 49.5 Å². The fourth-order valence-electron chi connectivity index (χ4n) is 2.65. The van der Waals surface area contributed by atoms with E-state index in [4.69, 9.17) is 4.55 Å². The predicted octanol–water partition coefficient (Wildman–Crippen LogP) is 2.26. The molecule has 0 aliphatic heterocycles. The minimum absolute atomic E-state index is 0.0274. The van der Waals surface area contributed by atoms with Crippen molar-refractivity contribution in [1.29, 1.82) is 0 Å². The van der Waals surface area contributed by atoms with Crippen molar-refractivity contribution < 1.29 is 18.1 Å². The molecule has 2 N–H and O–H groups in total. The largest absolute Gasteiger partial charge is 0.392 e. The van der Waals surface area contributed by atoms with Crippen molar-refractivity contribution in [1.82, 2.24) is 0 Å². The molecule has 0 spiro atoms. The van der Waals surface area contributed by atoms with E-state index in [9.17, 15) is 13.5 Å². The van der Waals surface area contributed by atoms with E-state index >= 15 is 0 Å². The molecular formula is C13H18O4S. The van der Waals surface area contributed by atoms with Crippen LogP contribution in [0.5, 0.6) is 0 Å². The average Bonchev–Trinajstić information content (AvgIpc) is 2.29. The summed E-state index contributed by atoms with van der Waals surface area (Å²) < 4.78 is 31.4. The summed E-state index contributed by atoms with van der Waals surface area (Å²) in [5.74, 6) is -0.0274. The summed E-state index contributed by atoms with van der Waals surface area (Å²) in [5.41, 5.74) is 1.78. The molecule has 1 aromatic carbocycles. The molecule has 4 nitrogen and oxygen atoms in total. The van der Waals surface area contributed by atoms with Crippen LogP contribution in [0, 0.1) is 6.92 Å². The summed E-state index contributed by atoms with van der Waals surface area (Å²) in [5, 5.41) is 10.0. The zero-order valence-corrected chi connectivity index (χ0v) is 11.2. The first-order valence-corrected chi connectivity index (χ1v) is 7.59. The van der Waals surface area contributed by atoms with Gasteiger partial charge in [0.05, 0.1) is 11.0 Å². The number of hydrogen-bond donors (Lipinski definition) is 2. The highest BCUT2D eigenvalue weighted by Gasteiger charge is 2.26. The van der Waals surface area contributed by atoms with Crippen LogP contribution in [0.2, 0.25) is 0 Å². The molecule has 2 atom stereocenters. The summed E-state index contributed by atoms with van der Waals surface area (Å²) in [4.78, 5) is -0.0964. The van der Waals surface area contributed by atoms with E-state index in [0.717, 1.165) is 36.8 Å². The van der Waals surface area contributed by atoms with Gasteiger partial charge in [0.25, 0.3) is 10.1 Å². The monoisotopic (exact) mass is 270 g/mol. The molecule has 18 heavy (non-hydrogen) atoms. The Balaban J connectivity index is 2.43. The zero-order chi connectivity index (χ0) is 13.3. The van der Waals surface area contributed by atoms with Gasteiger partial charge in [0.15, 0.2) is 0 Å². The average molecular weight is 270 g/mol. The van der Waals surface area contributed by atoms with Gasteiger partial charge in [-0.25, -0.2) is 0 Å². The van der Waals surface area contributed by atoms with Crippen LogP contribution in [0.1, 0.15) is 42.7 Å². The molecule has 2 unspecified atom stereocenters. The number of aliphatic hydroxyl groups excluding tert-OH is 1. The van der Waals surface area contributed by atoms with E-state index in [1.165, 1.54) is 12.1 Å². The van der Waals surface area contributed by atoms with Crippen LogP contribution in [0.15, 0.2) is 23.1 Å². The second-order valence-electron chi connectivity index (χ2n) is 4.95. The Morgan fingerprint density at radius 1 is 1.22 bits per heavy atom. The van der Waals surface area contributed by atoms with E-state index in [0.29, 0.717) is 0 Å². The molecule has 1 aliphatic carbocycles. The smallest absolute Gasteiger partial charge is 0.294 e. The van der Waals surface area contributed by atoms with Gasteiger partial charge in [-0.3, -0.25) is 4.55 Å². The lowest BCUT2D eigenvalue weighted by atomic mass is 9.80. The highest BCUT2D eigenvalue weighted by molar-refractivity contribution is 7.85. The molecule has 100 valence electrons. The van der Waals surface area contributed by atoms with E-state index in [1.807, 2.05) is 6.92 Å². The van der Waals surface area contributed by atoms with Gasteiger partial charge in [0.2, 0.25) is 0 Å². The minimum Gasteiger partial charge on any atom is -0.392 e. The Morgan fingerprint density at radius 2 is 1.89 bits per heavy atom. The lowest BCUT2D eigenvalue weighted by Crippen LogP contribution is -2.23. The lowest BCUT2D eigenvalue weighted by molar-refractivity contribution is 0.106. The van der Waals surface area contributed by atoms with Crippen LogP contribution in [0.3, 0.4) is 0 Å². The summed E-state index contributed by atoms with van der Waals surface area (Å²) in [6, 6.07) is 4.56. The number of rotatable bonds is 2. The van der Waals surface area contributed by atoms with E-state index in [1.54, 1.807) is 6.07 Å². The van der Waals surface area contributed by atoms with Crippen LogP contribution in [0.25, 0.3) is 0 Å². The van der Waals surface area contributed by atoms with Crippen LogP contribution in [-0.4, -0.2) is 24.2 Å². The highest BCUT2D eigenvalue weighted by atomic mass is 32.2. The van der Waals surface area contributed by atoms with Crippen molar-refractivity contribution >= 4 is 10.1 Å². The van der Waals surface area contributed by atoms with Crippen molar-refractivity contribution in [3.63, 3.8) is 0 Å². The first-order valence-electron chi connectivity index (χ1n) is 6.15. The van der Waals surface area contributed by atoms with Crippen molar-refractivity contribution in [2.24, 2.45) is 0 Å². The first kappa shape index (κ1) is 13.5. The zero-order valence-electron chi connectivity index (χ0n) is 10.3. The molecule has 0 aromatic heterocycles. The summed E-state index contributed by atoms with van der Waals surface area (Å²) in [6.07, 6.45) is 3.23. The topological polar surface area (TPSA) is 74.6 Å². The van der Waals surface area contributed by atoms with Crippen molar-refractivity contribution in [3.05, 3.63) is 29.3 Å². The normalized spacial score (nSPS) is 25.1. The molecule has 0 heterocycles. The van der Waals surface area contributed by atoms with Gasteiger partial charge < -0.3 is 5.11 Å². The second kappa shape index (κ2) is 4.99. The Hall–Kier alpha value is -0.910. The molecule has 1 aromatic rings. The van der Waals surface area contributed by atoms with Crippen molar-refractivity contribution in [2.75, 3.05) is 0 Å². The van der Waals surface area contributed by atoms with E-state index in [-0.39, 0.29) is 10.8 Å². The molecule has 1 aliphatic rings. The summed E-state index contributed by atoms with van der Waals surface area (Å²) in [7, 11) is -4.18. The quantitative estimate of drug-likeness (QED) is 0.808. The molecule has 1 fully saturated rings. The van der Waals surface area contributed by atoms with Gasteiger partial charge in [-0.1, -0.05) is 18.9 Å². The third-order valence-corrected chi connectivity index (χ3v) is 4.53. The van der Waals surface area contributed by atoms with Gasteiger partial charge in [0.1, 0.15) is 0 Å². The van der Waals surface area contributed by atoms with Gasteiger partial charge in [0, 0.05) is 5.92 Å². The summed E-state index contributed by atoms with van der Waals surface area (Å²) >= 11 is 0.